The number of hydrogen-bond acceptors (Lipinski definition) is 5. The van der Waals surface area contributed by atoms with Crippen molar-refractivity contribution in [3.05, 3.63) is 45.2 Å². The molecule has 9 heteroatoms. The molecule has 1 saturated heterocycles. The number of nitrogens with one attached hydrogen (secondary N) is 3. The van der Waals surface area contributed by atoms with Gasteiger partial charge in [-0.2, -0.15) is 4.98 Å². The molecule has 0 radical (unpaired) electrons. The van der Waals surface area contributed by atoms with E-state index in [1.54, 1.807) is 24.3 Å². The number of hydrogen-bond donors (Lipinski definition) is 3. The maximum Gasteiger partial charge on any atom is 0.258 e. The molecular formula is C21H24ClN5O3. The van der Waals surface area contributed by atoms with Crippen molar-refractivity contribution in [1.82, 2.24) is 9.97 Å². The zero-order valence-electron chi connectivity index (χ0n) is 16.7. The summed E-state index contributed by atoms with van der Waals surface area (Å²) in [6.45, 7) is 2.91. The molecule has 4 rings (SSSR count). The van der Waals surface area contributed by atoms with Crippen LogP contribution in [-0.2, 0) is 9.59 Å². The summed E-state index contributed by atoms with van der Waals surface area (Å²) in [5, 5.41) is 5.89. The minimum absolute atomic E-state index is 0.120. The van der Waals surface area contributed by atoms with Gasteiger partial charge in [-0.1, -0.05) is 24.6 Å². The van der Waals surface area contributed by atoms with E-state index >= 15 is 0 Å². The van der Waals surface area contributed by atoms with Crippen LogP contribution in [0.5, 0.6) is 0 Å². The van der Waals surface area contributed by atoms with Crippen molar-refractivity contribution < 1.29 is 9.59 Å². The number of amides is 2. The van der Waals surface area contributed by atoms with E-state index in [1.807, 2.05) is 0 Å². The van der Waals surface area contributed by atoms with Crippen molar-refractivity contribution in [3.63, 3.8) is 0 Å². The number of aromatic amines is 1. The molecule has 158 valence electrons. The number of benzene rings is 1. The molecule has 1 aromatic carbocycles. The fraction of sp³-hybridized carbons (Fsp3) is 0.429. The molecule has 2 atom stereocenters. The third kappa shape index (κ3) is 4.05. The van der Waals surface area contributed by atoms with Gasteiger partial charge in [0.2, 0.25) is 17.8 Å². The molecule has 0 bridgehead atoms. The van der Waals surface area contributed by atoms with E-state index in [-0.39, 0.29) is 23.7 Å². The fourth-order valence-electron chi connectivity index (χ4n) is 4.22. The highest BCUT2D eigenvalue weighted by atomic mass is 35.5. The van der Waals surface area contributed by atoms with E-state index in [2.05, 4.69) is 32.4 Å². The van der Waals surface area contributed by atoms with Gasteiger partial charge in [0.05, 0.1) is 11.5 Å². The number of piperidine rings is 1. The van der Waals surface area contributed by atoms with Crippen LogP contribution < -0.4 is 21.1 Å². The van der Waals surface area contributed by atoms with E-state index in [0.717, 1.165) is 32.2 Å². The summed E-state index contributed by atoms with van der Waals surface area (Å²) in [5.41, 5.74) is 0.282. The number of halogens is 1. The first-order valence-corrected chi connectivity index (χ1v) is 10.6. The maximum atomic E-state index is 13.0. The van der Waals surface area contributed by atoms with Gasteiger partial charge in [0.25, 0.3) is 5.56 Å². The van der Waals surface area contributed by atoms with Crippen LogP contribution in [0, 0.1) is 0 Å². The predicted molar refractivity (Wildman–Crippen MR) is 116 cm³/mol. The van der Waals surface area contributed by atoms with Crippen LogP contribution in [0.25, 0.3) is 0 Å². The Hall–Kier alpha value is -2.87. The quantitative estimate of drug-likeness (QED) is 0.691. The minimum Gasteiger partial charge on any atom is -0.339 e. The van der Waals surface area contributed by atoms with Crippen molar-refractivity contribution in [1.29, 1.82) is 0 Å². The molecule has 1 aromatic heterocycles. The topological polar surface area (TPSA) is 107 Å². The molecule has 2 amide bonds. The summed E-state index contributed by atoms with van der Waals surface area (Å²) in [5.74, 6) is -1.11. The summed E-state index contributed by atoms with van der Waals surface area (Å²) in [7, 11) is 0. The molecule has 2 aliphatic rings. The predicted octanol–water partition coefficient (Wildman–Crippen LogP) is 3.26. The first kappa shape index (κ1) is 20.4. The molecule has 30 heavy (non-hydrogen) atoms. The Kier molecular flexibility index (Phi) is 5.76. The monoisotopic (exact) mass is 429 g/mol. The molecule has 0 spiro atoms. The first-order valence-electron chi connectivity index (χ1n) is 10.2. The van der Waals surface area contributed by atoms with Gasteiger partial charge in [0, 0.05) is 29.7 Å². The summed E-state index contributed by atoms with van der Waals surface area (Å²) >= 11 is 5.97. The van der Waals surface area contributed by atoms with Gasteiger partial charge >= 0.3 is 0 Å². The number of aromatic nitrogens is 2. The number of fused-ring (bicyclic) bond motifs is 1. The normalized spacial score (nSPS) is 21.0. The summed E-state index contributed by atoms with van der Waals surface area (Å²) in [6, 6.07) is 7.00. The summed E-state index contributed by atoms with van der Waals surface area (Å²) in [4.78, 5) is 47.6. The second kappa shape index (κ2) is 8.47. The minimum atomic E-state index is -0.929. The lowest BCUT2D eigenvalue weighted by Crippen LogP contribution is -2.43. The van der Waals surface area contributed by atoms with Crippen molar-refractivity contribution >= 4 is 40.9 Å². The van der Waals surface area contributed by atoms with E-state index in [9.17, 15) is 14.4 Å². The zero-order chi connectivity index (χ0) is 21.3. The molecule has 0 aliphatic carbocycles. The SMILES string of the molecule is CC[C@@H]1CCCCN1c1nc2c(c(=O)[nH]1)[C@H](C(=O)Nc1cccc(Cl)c1)CC(=O)N2. The van der Waals surface area contributed by atoms with Crippen LogP contribution >= 0.6 is 11.6 Å². The van der Waals surface area contributed by atoms with E-state index < -0.39 is 17.4 Å². The Balaban J connectivity index is 1.66. The Bertz CT molecular complexity index is 1040. The number of rotatable bonds is 4. The van der Waals surface area contributed by atoms with Crippen molar-refractivity contribution in [3.8, 4) is 0 Å². The average molecular weight is 430 g/mol. The van der Waals surface area contributed by atoms with E-state index in [4.69, 9.17) is 11.6 Å². The standard InChI is InChI=1S/C21H24ClN5O3/c1-2-14-8-3-4-9-27(14)21-25-18-17(20(30)26-21)15(11-16(28)24-18)19(29)23-13-7-5-6-12(22)10-13/h5-7,10,14-15H,2-4,8-9,11H2,1H3,(H,23,29)(H2,24,25,26,28,30)/t14-,15-/m1/s1. The van der Waals surface area contributed by atoms with E-state index in [1.165, 1.54) is 0 Å². The van der Waals surface area contributed by atoms with Gasteiger partial charge in [-0.3, -0.25) is 19.4 Å². The number of anilines is 3. The molecule has 2 aliphatic heterocycles. The molecule has 3 N–H and O–H groups in total. The molecule has 8 nitrogen and oxygen atoms in total. The van der Waals surface area contributed by atoms with Gasteiger partial charge < -0.3 is 15.5 Å². The lowest BCUT2D eigenvalue weighted by molar-refractivity contribution is -0.123. The van der Waals surface area contributed by atoms with Gasteiger partial charge in [-0.15, -0.1) is 0 Å². The highest BCUT2D eigenvalue weighted by Crippen LogP contribution is 2.32. The number of carbonyl (C=O) groups is 2. The smallest absolute Gasteiger partial charge is 0.258 e. The lowest BCUT2D eigenvalue weighted by atomic mass is 9.92. The number of carbonyl (C=O) groups excluding carboxylic acids is 2. The fourth-order valence-corrected chi connectivity index (χ4v) is 4.41. The molecule has 3 heterocycles. The number of H-pyrrole nitrogens is 1. The average Bonchev–Trinajstić information content (AvgIpc) is 2.72. The lowest BCUT2D eigenvalue weighted by Gasteiger charge is -2.36. The van der Waals surface area contributed by atoms with Crippen molar-refractivity contribution in [2.45, 2.75) is 51.0 Å². The molecule has 2 aromatic rings. The molecule has 0 unspecified atom stereocenters. The molecular weight excluding hydrogens is 406 g/mol. The van der Waals surface area contributed by atoms with Gasteiger partial charge in [-0.25, -0.2) is 0 Å². The summed E-state index contributed by atoms with van der Waals surface area (Å²) in [6.07, 6.45) is 4.03. The highest BCUT2D eigenvalue weighted by molar-refractivity contribution is 6.30. The Morgan fingerprint density at radius 1 is 1.33 bits per heavy atom. The van der Waals surface area contributed by atoms with Crippen LogP contribution in [0.2, 0.25) is 5.02 Å². The number of nitrogens with zero attached hydrogens (tertiary/aromatic N) is 2. The largest absolute Gasteiger partial charge is 0.339 e. The van der Waals surface area contributed by atoms with Crippen LogP contribution in [0.3, 0.4) is 0 Å². The Labute approximate surface area is 179 Å². The second-order valence-corrected chi connectivity index (χ2v) is 8.14. The van der Waals surface area contributed by atoms with Crippen LogP contribution in [-0.4, -0.2) is 34.4 Å². The van der Waals surface area contributed by atoms with E-state index in [0.29, 0.717) is 22.7 Å². The molecule has 1 fully saturated rings. The third-order valence-electron chi connectivity index (χ3n) is 5.72. The van der Waals surface area contributed by atoms with Crippen molar-refractivity contribution in [2.24, 2.45) is 0 Å². The first-order chi connectivity index (χ1) is 14.5. The second-order valence-electron chi connectivity index (χ2n) is 7.71. The Morgan fingerprint density at radius 2 is 2.17 bits per heavy atom. The zero-order valence-corrected chi connectivity index (χ0v) is 17.5. The van der Waals surface area contributed by atoms with Crippen LogP contribution in [0.1, 0.15) is 50.5 Å². The van der Waals surface area contributed by atoms with Gasteiger partial charge in [0.15, 0.2) is 0 Å². The summed E-state index contributed by atoms with van der Waals surface area (Å²) < 4.78 is 0. The van der Waals surface area contributed by atoms with Gasteiger partial charge in [0.1, 0.15) is 5.82 Å². The van der Waals surface area contributed by atoms with Crippen LogP contribution in [0.4, 0.5) is 17.5 Å². The maximum absolute atomic E-state index is 13.0. The third-order valence-corrected chi connectivity index (χ3v) is 5.95. The van der Waals surface area contributed by atoms with Crippen molar-refractivity contribution in [2.75, 3.05) is 22.1 Å². The molecule has 0 saturated carbocycles. The van der Waals surface area contributed by atoms with Crippen LogP contribution in [0.15, 0.2) is 29.1 Å². The Morgan fingerprint density at radius 3 is 2.93 bits per heavy atom. The highest BCUT2D eigenvalue weighted by Gasteiger charge is 2.35. The van der Waals surface area contributed by atoms with Gasteiger partial charge in [-0.05, 0) is 43.9 Å².